The van der Waals surface area contributed by atoms with Gasteiger partial charge in [-0.25, -0.2) is 0 Å². The Balaban J connectivity index is 0.00000272. The summed E-state index contributed by atoms with van der Waals surface area (Å²) in [5, 5.41) is 0. The maximum atomic E-state index is 2.62. The number of halogens is 1. The highest BCUT2D eigenvalue weighted by Gasteiger charge is 2.53. The summed E-state index contributed by atoms with van der Waals surface area (Å²) < 4.78 is 1.08. The standard InChI is InChI=1S/C29H42N.ClH/c1-22(2)24-13-15-26-25(19-24)14-16-27-28(3,17-10-18-29(26,27)4)21-30(5,6)20-23-11-8-7-9-12-23;/h7-9,11-13,15,19,22,27H,10,14,16-18,20-21H2,1-6H3;1H/q+1;/p-1/t27-,28+,29+;/m0./s1. The van der Waals surface area contributed by atoms with Crippen LogP contribution in [0.2, 0.25) is 0 Å². The Labute approximate surface area is 197 Å². The first-order valence-electron chi connectivity index (χ1n) is 12.1. The molecule has 1 fully saturated rings. The number of nitrogens with zero attached hydrogens (tertiary/aromatic N) is 1. The molecule has 0 aromatic heterocycles. The third-order valence-electron chi connectivity index (χ3n) is 8.41. The molecule has 31 heavy (non-hydrogen) atoms. The number of fused-ring (bicyclic) bond motifs is 3. The van der Waals surface area contributed by atoms with Crippen molar-refractivity contribution in [1.82, 2.24) is 0 Å². The van der Waals surface area contributed by atoms with Gasteiger partial charge in [-0.3, -0.25) is 0 Å². The topological polar surface area (TPSA) is 0 Å². The molecule has 0 N–H and O–H groups in total. The van der Waals surface area contributed by atoms with E-state index >= 15 is 0 Å². The van der Waals surface area contributed by atoms with Crippen molar-refractivity contribution >= 4 is 0 Å². The summed E-state index contributed by atoms with van der Waals surface area (Å²) in [5.74, 6) is 1.40. The predicted octanol–water partition coefficient (Wildman–Crippen LogP) is 4.10. The second-order valence-electron chi connectivity index (χ2n) is 11.8. The summed E-state index contributed by atoms with van der Waals surface area (Å²) in [6.07, 6.45) is 6.71. The van der Waals surface area contributed by atoms with Gasteiger partial charge in [0.25, 0.3) is 0 Å². The smallest absolute Gasteiger partial charge is 0.104 e. The maximum Gasteiger partial charge on any atom is 0.104 e. The number of hydrogen-bond donors (Lipinski definition) is 0. The fourth-order valence-corrected chi connectivity index (χ4v) is 7.30. The lowest BCUT2D eigenvalue weighted by Crippen LogP contribution is -3.00. The Morgan fingerprint density at radius 2 is 1.71 bits per heavy atom. The zero-order valence-corrected chi connectivity index (χ0v) is 21.3. The minimum atomic E-state index is 0. The van der Waals surface area contributed by atoms with Gasteiger partial charge in [0.2, 0.25) is 0 Å². The van der Waals surface area contributed by atoms with Crippen LogP contribution in [-0.2, 0) is 18.4 Å². The molecule has 170 valence electrons. The highest BCUT2D eigenvalue weighted by Crippen LogP contribution is 2.57. The van der Waals surface area contributed by atoms with Crippen molar-refractivity contribution in [1.29, 1.82) is 0 Å². The molecule has 2 aliphatic rings. The molecule has 0 spiro atoms. The lowest BCUT2D eigenvalue weighted by atomic mass is 9.49. The lowest BCUT2D eigenvalue weighted by molar-refractivity contribution is -0.910. The molecule has 1 nitrogen and oxygen atoms in total. The maximum absolute atomic E-state index is 2.62. The largest absolute Gasteiger partial charge is 1.00 e. The minimum absolute atomic E-state index is 0. The monoisotopic (exact) mass is 439 g/mol. The fourth-order valence-electron chi connectivity index (χ4n) is 7.30. The molecule has 0 saturated heterocycles. The van der Waals surface area contributed by atoms with E-state index in [9.17, 15) is 0 Å². The van der Waals surface area contributed by atoms with Crippen molar-refractivity contribution in [2.75, 3.05) is 20.6 Å². The summed E-state index contributed by atoms with van der Waals surface area (Å²) in [6.45, 7) is 12.2. The van der Waals surface area contributed by atoms with E-state index in [-0.39, 0.29) is 12.4 Å². The van der Waals surface area contributed by atoms with E-state index in [4.69, 9.17) is 0 Å². The summed E-state index contributed by atoms with van der Waals surface area (Å²) >= 11 is 0. The molecule has 0 aliphatic heterocycles. The Kier molecular flexibility index (Phi) is 6.99. The van der Waals surface area contributed by atoms with Crippen molar-refractivity contribution in [3.63, 3.8) is 0 Å². The predicted molar refractivity (Wildman–Crippen MR) is 129 cm³/mol. The third kappa shape index (κ3) is 4.74. The number of benzene rings is 2. The first-order chi connectivity index (χ1) is 14.1. The van der Waals surface area contributed by atoms with Crippen LogP contribution in [-0.4, -0.2) is 25.1 Å². The zero-order chi connectivity index (χ0) is 21.6. The van der Waals surface area contributed by atoms with E-state index in [2.05, 4.69) is 90.3 Å². The first kappa shape index (κ1) is 24.3. The second kappa shape index (κ2) is 8.91. The summed E-state index contributed by atoms with van der Waals surface area (Å²) in [5.41, 5.74) is 7.02. The van der Waals surface area contributed by atoms with Gasteiger partial charge >= 0.3 is 0 Å². The SMILES string of the molecule is CC(C)c1ccc2c(c1)CC[C@H]1[C@@](C)(C[N+](C)(C)Cc3ccccc3)CCC[C@]21C.[Cl-]. The van der Waals surface area contributed by atoms with Gasteiger partial charge in [-0.05, 0) is 59.6 Å². The normalized spacial score (nSPS) is 27.9. The van der Waals surface area contributed by atoms with Crippen LogP contribution in [0.4, 0.5) is 0 Å². The number of hydrogen-bond acceptors (Lipinski definition) is 0. The molecule has 0 radical (unpaired) electrons. The van der Waals surface area contributed by atoms with Gasteiger partial charge in [-0.15, -0.1) is 0 Å². The van der Waals surface area contributed by atoms with Crippen molar-refractivity contribution in [3.8, 4) is 0 Å². The van der Waals surface area contributed by atoms with E-state index in [1.165, 1.54) is 49.8 Å². The Bertz CT molecular complexity index is 887. The van der Waals surface area contributed by atoms with Crippen LogP contribution >= 0.6 is 0 Å². The summed E-state index contributed by atoms with van der Waals surface area (Å²) in [7, 11) is 4.88. The third-order valence-corrected chi connectivity index (χ3v) is 8.41. The summed E-state index contributed by atoms with van der Waals surface area (Å²) in [6, 6.07) is 18.5. The average Bonchev–Trinajstić information content (AvgIpc) is 2.67. The van der Waals surface area contributed by atoms with Gasteiger partial charge in [0.05, 0.1) is 20.6 Å². The fraction of sp³-hybridized carbons (Fsp3) is 0.586. The van der Waals surface area contributed by atoms with E-state index in [0.717, 1.165) is 16.9 Å². The van der Waals surface area contributed by atoms with Crippen molar-refractivity contribution in [3.05, 3.63) is 70.8 Å². The molecule has 2 aromatic rings. The highest BCUT2D eigenvalue weighted by atomic mass is 35.5. The van der Waals surface area contributed by atoms with Gasteiger partial charge in [-0.1, -0.05) is 82.6 Å². The van der Waals surface area contributed by atoms with Crippen LogP contribution in [0.1, 0.15) is 81.5 Å². The molecule has 0 heterocycles. The molecular weight excluding hydrogens is 398 g/mol. The average molecular weight is 440 g/mol. The molecule has 0 amide bonds. The van der Waals surface area contributed by atoms with Gasteiger partial charge in [-0.2, -0.15) is 0 Å². The van der Waals surface area contributed by atoms with E-state index in [1.807, 2.05) is 0 Å². The number of aryl methyl sites for hydroxylation is 1. The first-order valence-corrected chi connectivity index (χ1v) is 12.1. The molecule has 2 heteroatoms. The zero-order valence-electron chi connectivity index (χ0n) is 20.5. The van der Waals surface area contributed by atoms with Gasteiger partial charge in [0, 0.05) is 11.0 Å². The number of rotatable bonds is 5. The van der Waals surface area contributed by atoms with Crippen LogP contribution in [0.15, 0.2) is 48.5 Å². The highest BCUT2D eigenvalue weighted by molar-refractivity contribution is 5.42. The van der Waals surface area contributed by atoms with Crippen LogP contribution in [0.5, 0.6) is 0 Å². The Morgan fingerprint density at radius 3 is 2.39 bits per heavy atom. The van der Waals surface area contributed by atoms with Crippen molar-refractivity contribution in [2.24, 2.45) is 11.3 Å². The van der Waals surface area contributed by atoms with Gasteiger partial charge in [0.15, 0.2) is 0 Å². The summed E-state index contributed by atoms with van der Waals surface area (Å²) in [4.78, 5) is 0. The molecular formula is C29H42ClN. The van der Waals surface area contributed by atoms with Crippen LogP contribution in [0, 0.1) is 11.3 Å². The minimum Gasteiger partial charge on any atom is -1.00 e. The van der Waals surface area contributed by atoms with E-state index in [0.29, 0.717) is 16.7 Å². The van der Waals surface area contributed by atoms with E-state index in [1.54, 1.807) is 11.1 Å². The van der Waals surface area contributed by atoms with Crippen LogP contribution in [0.3, 0.4) is 0 Å². The quantitative estimate of drug-likeness (QED) is 0.615. The van der Waals surface area contributed by atoms with Crippen LogP contribution in [0.25, 0.3) is 0 Å². The van der Waals surface area contributed by atoms with Crippen LogP contribution < -0.4 is 12.4 Å². The number of quaternary nitrogens is 1. The van der Waals surface area contributed by atoms with E-state index < -0.39 is 0 Å². The molecule has 3 atom stereocenters. The molecule has 1 saturated carbocycles. The molecule has 2 aromatic carbocycles. The van der Waals surface area contributed by atoms with Gasteiger partial charge in [0.1, 0.15) is 6.54 Å². The van der Waals surface area contributed by atoms with Crippen molar-refractivity contribution in [2.45, 2.75) is 77.7 Å². The Morgan fingerprint density at radius 1 is 1.00 bits per heavy atom. The Hall–Kier alpha value is -1.31. The van der Waals surface area contributed by atoms with Crippen molar-refractivity contribution < 1.29 is 16.9 Å². The second-order valence-corrected chi connectivity index (χ2v) is 11.8. The molecule has 4 rings (SSSR count). The lowest BCUT2D eigenvalue weighted by Gasteiger charge is -2.56. The molecule has 0 bridgehead atoms. The van der Waals surface area contributed by atoms with Gasteiger partial charge < -0.3 is 16.9 Å². The molecule has 2 aliphatic carbocycles. The molecule has 0 unspecified atom stereocenters.